The highest BCUT2D eigenvalue weighted by Crippen LogP contribution is 2.38. The number of carbonyl (C=O) groups is 2. The molecule has 1 aliphatic carbocycles. The molecular weight excluding hydrogens is 468 g/mol. The molecule has 2 N–H and O–H groups in total. The number of allylic oxidation sites excluding steroid dienone is 1. The van der Waals surface area contributed by atoms with Crippen molar-refractivity contribution < 1.29 is 37.4 Å². The first-order chi connectivity index (χ1) is 15.5. The Bertz CT molecular complexity index is 1320. The summed E-state index contributed by atoms with van der Waals surface area (Å²) in [4.78, 5) is 24.5. The maximum Gasteiger partial charge on any atom is 0.417 e. The van der Waals surface area contributed by atoms with Gasteiger partial charge in [0, 0.05) is 5.39 Å². The predicted molar refractivity (Wildman–Crippen MR) is 110 cm³/mol. The Morgan fingerprint density at radius 1 is 1.15 bits per heavy atom. The second kappa shape index (κ2) is 8.27. The van der Waals surface area contributed by atoms with Crippen LogP contribution in [0.2, 0.25) is 5.02 Å². The van der Waals surface area contributed by atoms with E-state index in [-0.39, 0.29) is 29.4 Å². The van der Waals surface area contributed by atoms with Crippen LogP contribution in [0.15, 0.2) is 42.5 Å². The lowest BCUT2D eigenvalue weighted by atomic mass is 9.85. The summed E-state index contributed by atoms with van der Waals surface area (Å²) in [5.74, 6) is -4.42. The van der Waals surface area contributed by atoms with E-state index < -0.39 is 52.0 Å². The molecule has 0 fully saturated rings. The summed E-state index contributed by atoms with van der Waals surface area (Å²) in [7, 11) is 0. The first kappa shape index (κ1) is 22.9. The van der Waals surface area contributed by atoms with Gasteiger partial charge in [0.05, 0.1) is 33.9 Å². The van der Waals surface area contributed by atoms with Gasteiger partial charge < -0.3 is 10.2 Å². The number of rotatable bonds is 3. The van der Waals surface area contributed by atoms with E-state index in [1.807, 2.05) is 0 Å². The van der Waals surface area contributed by atoms with E-state index in [0.717, 1.165) is 18.2 Å². The molecule has 11 heteroatoms. The molecule has 0 aliphatic heterocycles. The summed E-state index contributed by atoms with van der Waals surface area (Å²) in [6.07, 6.45) is -4.80. The summed E-state index contributed by atoms with van der Waals surface area (Å²) in [5.41, 5.74) is -2.13. The molecule has 2 unspecified atom stereocenters. The number of halogens is 5. The van der Waals surface area contributed by atoms with Crippen LogP contribution in [-0.4, -0.2) is 38.0 Å². The van der Waals surface area contributed by atoms with Gasteiger partial charge in [-0.05, 0) is 42.7 Å². The van der Waals surface area contributed by atoms with Gasteiger partial charge in [0.25, 0.3) is 5.91 Å². The first-order valence-corrected chi connectivity index (χ1v) is 10.1. The van der Waals surface area contributed by atoms with Gasteiger partial charge in [-0.3, -0.25) is 9.59 Å². The monoisotopic (exact) mass is 482 g/mol. The van der Waals surface area contributed by atoms with Crippen LogP contribution in [0.4, 0.5) is 17.6 Å². The number of carbonyl (C=O) groups excluding carboxylic acids is 1. The van der Waals surface area contributed by atoms with Crippen LogP contribution in [0, 0.1) is 11.7 Å². The summed E-state index contributed by atoms with van der Waals surface area (Å²) in [5, 5.41) is 23.1. The van der Waals surface area contributed by atoms with E-state index in [4.69, 9.17) is 11.6 Å². The van der Waals surface area contributed by atoms with Gasteiger partial charge >= 0.3 is 12.1 Å². The zero-order chi connectivity index (χ0) is 24.1. The van der Waals surface area contributed by atoms with E-state index >= 15 is 0 Å². The van der Waals surface area contributed by atoms with Crippen molar-refractivity contribution in [2.24, 2.45) is 5.92 Å². The van der Waals surface area contributed by atoms with Gasteiger partial charge in [-0.1, -0.05) is 29.8 Å². The summed E-state index contributed by atoms with van der Waals surface area (Å²) < 4.78 is 55.9. The fraction of sp³-hybridized carbons (Fsp3) is 0.227. The average Bonchev–Trinajstić information content (AvgIpc) is 3.13. The second-order valence-electron chi connectivity index (χ2n) is 7.53. The number of aromatic nitrogens is 2. The lowest BCUT2D eigenvalue weighted by Crippen LogP contribution is -2.29. The minimum absolute atomic E-state index is 0.0568. The third-order valence-electron chi connectivity index (χ3n) is 5.51. The molecule has 3 aromatic rings. The van der Waals surface area contributed by atoms with Crippen LogP contribution < -0.4 is 0 Å². The van der Waals surface area contributed by atoms with Gasteiger partial charge in [0.1, 0.15) is 11.3 Å². The third kappa shape index (κ3) is 4.00. The molecule has 0 bridgehead atoms. The Morgan fingerprint density at radius 2 is 1.85 bits per heavy atom. The summed E-state index contributed by atoms with van der Waals surface area (Å²) >= 11 is 5.94. The SMILES string of the molecule is O=C(O)C1CCC(c2nn(C(=O)c3c(Cl)cccc3C(F)(F)F)c3c(F)cccc23)=CC1O. The van der Waals surface area contributed by atoms with Crippen molar-refractivity contribution in [1.82, 2.24) is 9.78 Å². The van der Waals surface area contributed by atoms with Crippen LogP contribution in [-0.2, 0) is 11.0 Å². The Hall–Kier alpha value is -3.24. The van der Waals surface area contributed by atoms with Crippen molar-refractivity contribution in [3.8, 4) is 0 Å². The van der Waals surface area contributed by atoms with Crippen molar-refractivity contribution in [3.63, 3.8) is 0 Å². The number of benzene rings is 2. The number of alkyl halides is 3. The minimum atomic E-state index is -4.90. The molecule has 1 heterocycles. The zero-order valence-corrected chi connectivity index (χ0v) is 17.4. The van der Waals surface area contributed by atoms with Gasteiger partial charge in [-0.25, -0.2) is 4.39 Å². The summed E-state index contributed by atoms with van der Waals surface area (Å²) in [6.45, 7) is 0. The van der Waals surface area contributed by atoms with E-state index in [0.29, 0.717) is 16.3 Å². The number of hydrogen-bond acceptors (Lipinski definition) is 4. The average molecular weight is 483 g/mol. The Kier molecular flexibility index (Phi) is 5.75. The van der Waals surface area contributed by atoms with Gasteiger partial charge in [0.2, 0.25) is 0 Å². The highest BCUT2D eigenvalue weighted by Gasteiger charge is 2.38. The van der Waals surface area contributed by atoms with Crippen LogP contribution in [0.1, 0.15) is 34.5 Å². The molecule has 0 spiro atoms. The number of carboxylic acids is 1. The number of aliphatic carboxylic acids is 1. The number of hydrogen-bond donors (Lipinski definition) is 2. The van der Waals surface area contributed by atoms with Crippen LogP contribution in [0.5, 0.6) is 0 Å². The molecule has 33 heavy (non-hydrogen) atoms. The van der Waals surface area contributed by atoms with E-state index in [2.05, 4.69) is 5.10 Å². The van der Waals surface area contributed by atoms with Crippen LogP contribution >= 0.6 is 11.6 Å². The van der Waals surface area contributed by atoms with Crippen LogP contribution in [0.3, 0.4) is 0 Å². The smallest absolute Gasteiger partial charge is 0.417 e. The van der Waals surface area contributed by atoms with Gasteiger partial charge in [-0.2, -0.15) is 23.0 Å². The second-order valence-corrected chi connectivity index (χ2v) is 7.93. The summed E-state index contributed by atoms with van der Waals surface area (Å²) in [6, 6.07) is 6.64. The molecule has 0 amide bonds. The topological polar surface area (TPSA) is 92.4 Å². The quantitative estimate of drug-likeness (QED) is 0.524. The number of fused-ring (bicyclic) bond motifs is 1. The Balaban J connectivity index is 1.91. The number of aliphatic hydroxyl groups is 1. The lowest BCUT2D eigenvalue weighted by molar-refractivity contribution is -0.145. The molecule has 172 valence electrons. The standard InChI is InChI=1S/C22H15ClF4N2O4/c23-14-5-2-4-13(22(25,26)27)17(14)20(31)29-19-12(3-1-6-15(19)24)18(28-29)10-7-8-11(21(32)33)16(30)9-10/h1-6,9,11,16,30H,7-8H2,(H,32,33). The Labute approximate surface area is 188 Å². The number of nitrogens with zero attached hydrogens (tertiary/aromatic N) is 2. The zero-order valence-electron chi connectivity index (χ0n) is 16.6. The van der Waals surface area contributed by atoms with Crippen molar-refractivity contribution in [2.45, 2.75) is 25.1 Å². The lowest BCUT2D eigenvalue weighted by Gasteiger charge is -2.22. The maximum atomic E-state index is 14.8. The molecule has 0 saturated carbocycles. The van der Waals surface area contributed by atoms with Crippen molar-refractivity contribution in [2.75, 3.05) is 0 Å². The van der Waals surface area contributed by atoms with Gasteiger partial charge in [0.15, 0.2) is 0 Å². The fourth-order valence-corrected chi connectivity index (χ4v) is 4.20. The molecule has 2 aromatic carbocycles. The van der Waals surface area contributed by atoms with Crippen molar-refractivity contribution in [1.29, 1.82) is 0 Å². The number of aliphatic hydroxyl groups excluding tert-OH is 1. The van der Waals surface area contributed by atoms with Crippen LogP contribution in [0.25, 0.3) is 16.5 Å². The number of carboxylic acid groups (broad SMARTS) is 1. The number of para-hydroxylation sites is 1. The minimum Gasteiger partial charge on any atom is -0.481 e. The van der Waals surface area contributed by atoms with E-state index in [9.17, 15) is 37.4 Å². The molecule has 1 aromatic heterocycles. The molecular formula is C22H15ClF4N2O4. The molecule has 0 radical (unpaired) electrons. The molecule has 1 aliphatic rings. The fourth-order valence-electron chi connectivity index (χ4n) is 3.95. The highest BCUT2D eigenvalue weighted by atomic mass is 35.5. The predicted octanol–water partition coefficient (Wildman–Crippen LogP) is 4.78. The van der Waals surface area contributed by atoms with E-state index in [1.54, 1.807) is 0 Å². The normalized spacial score (nSPS) is 18.9. The molecule has 0 saturated heterocycles. The molecule has 4 rings (SSSR count). The van der Waals surface area contributed by atoms with Gasteiger partial charge in [-0.15, -0.1) is 0 Å². The highest BCUT2D eigenvalue weighted by molar-refractivity contribution is 6.34. The Morgan fingerprint density at radius 3 is 2.48 bits per heavy atom. The van der Waals surface area contributed by atoms with Crippen molar-refractivity contribution in [3.05, 3.63) is 70.1 Å². The molecule has 2 atom stereocenters. The maximum absolute atomic E-state index is 14.8. The van der Waals surface area contributed by atoms with Crippen molar-refractivity contribution >= 4 is 40.0 Å². The van der Waals surface area contributed by atoms with E-state index in [1.165, 1.54) is 18.2 Å². The third-order valence-corrected chi connectivity index (χ3v) is 5.82. The molecule has 6 nitrogen and oxygen atoms in total. The first-order valence-electron chi connectivity index (χ1n) is 9.70. The largest absolute Gasteiger partial charge is 0.481 e.